The van der Waals surface area contributed by atoms with E-state index >= 15 is 0 Å². The van der Waals surface area contributed by atoms with Crippen LogP contribution in [0.2, 0.25) is 5.02 Å². The maximum absolute atomic E-state index is 11.7. The Morgan fingerprint density at radius 2 is 2.25 bits per heavy atom. The molecule has 2 nitrogen and oxygen atoms in total. The summed E-state index contributed by atoms with van der Waals surface area (Å²) < 4.78 is 1.18. The van der Waals surface area contributed by atoms with Crippen LogP contribution in [0.25, 0.3) is 0 Å². The highest BCUT2D eigenvalue weighted by molar-refractivity contribution is 14.1. The largest absolute Gasteiger partial charge is 0.351 e. The highest BCUT2D eigenvalue weighted by atomic mass is 127. The van der Waals surface area contributed by atoms with E-state index in [0.717, 1.165) is 18.5 Å². The van der Waals surface area contributed by atoms with Crippen LogP contribution in [0.5, 0.6) is 0 Å². The van der Waals surface area contributed by atoms with E-state index in [1.165, 1.54) is 28.6 Å². The van der Waals surface area contributed by atoms with Crippen molar-refractivity contribution in [1.29, 1.82) is 0 Å². The molecular weight excluding hydrogens is 357 g/mol. The van der Waals surface area contributed by atoms with E-state index in [9.17, 15) is 4.79 Å². The highest BCUT2D eigenvalue weighted by Gasteiger charge is 2.13. The Morgan fingerprint density at radius 3 is 2.81 bits per heavy atom. The number of halogens is 2. The third-order valence-corrected chi connectivity index (χ3v) is 4.66. The third kappa shape index (κ3) is 4.22. The van der Waals surface area contributed by atoms with Gasteiger partial charge < -0.3 is 5.32 Å². The van der Waals surface area contributed by atoms with Gasteiger partial charge in [-0.05, 0) is 35.1 Å². The van der Waals surface area contributed by atoms with Crippen molar-refractivity contribution in [2.75, 3.05) is 11.0 Å². The molecule has 0 radical (unpaired) electrons. The lowest BCUT2D eigenvalue weighted by Gasteiger charge is -2.03. The lowest BCUT2D eigenvalue weighted by molar-refractivity contribution is 0.0957. The predicted octanol–water partition coefficient (Wildman–Crippen LogP) is 4.05. The first kappa shape index (κ1) is 14.3. The van der Waals surface area contributed by atoms with Crippen molar-refractivity contribution < 1.29 is 4.79 Å². The number of alkyl halides is 1. The predicted molar refractivity (Wildman–Crippen MR) is 79.1 cm³/mol. The summed E-state index contributed by atoms with van der Waals surface area (Å²) in [6.45, 7) is 2.65. The van der Waals surface area contributed by atoms with Crippen molar-refractivity contribution >= 4 is 51.4 Å². The van der Waals surface area contributed by atoms with Gasteiger partial charge in [-0.2, -0.15) is 0 Å². The normalized spacial score (nSPS) is 10.4. The third-order valence-electron chi connectivity index (χ3n) is 2.20. The van der Waals surface area contributed by atoms with E-state index in [1.807, 2.05) is 12.3 Å². The molecule has 0 fully saturated rings. The summed E-state index contributed by atoms with van der Waals surface area (Å²) in [6, 6.07) is 0. The Morgan fingerprint density at radius 1 is 1.50 bits per heavy atom. The molecule has 0 aliphatic carbocycles. The molecule has 0 saturated heterocycles. The number of unbranched alkanes of at least 4 members (excludes halogenated alkanes) is 2. The first-order valence-electron chi connectivity index (χ1n) is 5.24. The van der Waals surface area contributed by atoms with E-state index < -0.39 is 0 Å². The minimum absolute atomic E-state index is 0.0439. The van der Waals surface area contributed by atoms with Crippen LogP contribution < -0.4 is 5.32 Å². The van der Waals surface area contributed by atoms with Gasteiger partial charge in [-0.3, -0.25) is 4.79 Å². The Labute approximate surface area is 119 Å². The molecule has 0 aliphatic rings. The molecule has 0 saturated carbocycles. The van der Waals surface area contributed by atoms with Gasteiger partial charge in [0.15, 0.2) is 0 Å². The van der Waals surface area contributed by atoms with Gasteiger partial charge in [0.25, 0.3) is 5.91 Å². The zero-order valence-electron chi connectivity index (χ0n) is 9.19. The maximum atomic E-state index is 11.7. The zero-order chi connectivity index (χ0) is 12.0. The molecule has 0 unspecified atom stereocenters. The van der Waals surface area contributed by atoms with Crippen LogP contribution in [0, 0.1) is 6.92 Å². The molecule has 0 bridgehead atoms. The Hall–Kier alpha value is 0.190. The average Bonchev–Trinajstić information content (AvgIpc) is 2.59. The summed E-state index contributed by atoms with van der Waals surface area (Å²) in [7, 11) is 0. The zero-order valence-corrected chi connectivity index (χ0v) is 12.9. The van der Waals surface area contributed by atoms with E-state index in [4.69, 9.17) is 11.6 Å². The van der Waals surface area contributed by atoms with Gasteiger partial charge >= 0.3 is 0 Å². The molecule has 0 aliphatic heterocycles. The molecule has 16 heavy (non-hydrogen) atoms. The molecule has 90 valence electrons. The van der Waals surface area contributed by atoms with Crippen LogP contribution in [-0.2, 0) is 0 Å². The van der Waals surface area contributed by atoms with Gasteiger partial charge in [-0.1, -0.05) is 40.6 Å². The molecule has 5 heteroatoms. The van der Waals surface area contributed by atoms with E-state index in [2.05, 4.69) is 27.9 Å². The number of carbonyl (C=O) groups excluding carboxylic acids is 1. The van der Waals surface area contributed by atoms with E-state index in [1.54, 1.807) is 0 Å². The van der Waals surface area contributed by atoms with Crippen LogP contribution in [0.4, 0.5) is 0 Å². The molecule has 0 aromatic carbocycles. The fourth-order valence-corrected chi connectivity index (χ4v) is 3.00. The second kappa shape index (κ2) is 7.50. The molecule has 1 amide bonds. The van der Waals surface area contributed by atoms with Gasteiger partial charge in [-0.25, -0.2) is 0 Å². The summed E-state index contributed by atoms with van der Waals surface area (Å²) in [5.41, 5.74) is 0.974. The van der Waals surface area contributed by atoms with Gasteiger partial charge in [0.1, 0.15) is 4.88 Å². The minimum atomic E-state index is -0.0439. The van der Waals surface area contributed by atoms with Crippen molar-refractivity contribution in [2.45, 2.75) is 26.2 Å². The van der Waals surface area contributed by atoms with Crippen molar-refractivity contribution in [1.82, 2.24) is 5.32 Å². The standard InChI is InChI=1S/C11H15ClINOS/c1-8-7-16-10(9(8)12)11(15)14-6-4-2-3-5-13/h7H,2-6H2,1H3,(H,14,15). The smallest absolute Gasteiger partial charge is 0.262 e. The first-order chi connectivity index (χ1) is 7.66. The number of nitrogens with one attached hydrogen (secondary N) is 1. The van der Waals surface area contributed by atoms with Crippen LogP contribution >= 0.6 is 45.5 Å². The SMILES string of the molecule is Cc1csc(C(=O)NCCCCCI)c1Cl. The van der Waals surface area contributed by atoms with Crippen molar-refractivity contribution in [3.8, 4) is 0 Å². The Bertz CT molecular complexity index is 354. The van der Waals surface area contributed by atoms with E-state index in [0.29, 0.717) is 9.90 Å². The molecule has 1 heterocycles. The lowest BCUT2D eigenvalue weighted by atomic mass is 10.2. The van der Waals surface area contributed by atoms with E-state index in [-0.39, 0.29) is 5.91 Å². The fourth-order valence-electron chi connectivity index (χ4n) is 1.26. The lowest BCUT2D eigenvalue weighted by Crippen LogP contribution is -2.23. The van der Waals surface area contributed by atoms with Crippen LogP contribution in [0.1, 0.15) is 34.5 Å². The average molecular weight is 372 g/mol. The summed E-state index contributed by atoms with van der Waals surface area (Å²) in [5, 5.41) is 5.40. The molecule has 1 aromatic rings. The summed E-state index contributed by atoms with van der Waals surface area (Å²) in [5.74, 6) is -0.0439. The van der Waals surface area contributed by atoms with Crippen LogP contribution in [-0.4, -0.2) is 16.9 Å². The van der Waals surface area contributed by atoms with Gasteiger partial charge in [0.05, 0.1) is 5.02 Å². The summed E-state index contributed by atoms with van der Waals surface area (Å²) in [4.78, 5) is 12.4. The van der Waals surface area contributed by atoms with Crippen LogP contribution in [0.15, 0.2) is 5.38 Å². The maximum Gasteiger partial charge on any atom is 0.262 e. The van der Waals surface area contributed by atoms with Crippen molar-refractivity contribution in [3.05, 3.63) is 20.8 Å². The number of carbonyl (C=O) groups is 1. The number of aryl methyl sites for hydroxylation is 1. The molecule has 1 N–H and O–H groups in total. The van der Waals surface area contributed by atoms with Crippen LogP contribution in [0.3, 0.4) is 0 Å². The highest BCUT2D eigenvalue weighted by Crippen LogP contribution is 2.26. The Kier molecular flexibility index (Phi) is 6.68. The topological polar surface area (TPSA) is 29.1 Å². The van der Waals surface area contributed by atoms with Crippen molar-refractivity contribution in [3.63, 3.8) is 0 Å². The number of hydrogen-bond acceptors (Lipinski definition) is 2. The van der Waals surface area contributed by atoms with Gasteiger partial charge in [0, 0.05) is 6.54 Å². The molecular formula is C11H15ClINOS. The molecule has 0 spiro atoms. The number of amides is 1. The summed E-state index contributed by atoms with van der Waals surface area (Å²) in [6.07, 6.45) is 3.42. The van der Waals surface area contributed by atoms with Gasteiger partial charge in [-0.15, -0.1) is 11.3 Å². The van der Waals surface area contributed by atoms with Crippen molar-refractivity contribution in [2.24, 2.45) is 0 Å². The first-order valence-corrected chi connectivity index (χ1v) is 8.03. The number of hydrogen-bond donors (Lipinski definition) is 1. The minimum Gasteiger partial charge on any atom is -0.351 e. The monoisotopic (exact) mass is 371 g/mol. The Balaban J connectivity index is 2.33. The summed E-state index contributed by atoms with van der Waals surface area (Å²) >= 11 is 9.79. The number of rotatable bonds is 6. The fraction of sp³-hybridized carbons (Fsp3) is 0.545. The molecule has 0 atom stereocenters. The molecule has 1 aromatic heterocycles. The second-order valence-electron chi connectivity index (χ2n) is 3.57. The van der Waals surface area contributed by atoms with Gasteiger partial charge in [0.2, 0.25) is 0 Å². The second-order valence-corrected chi connectivity index (χ2v) is 5.90. The molecule has 1 rings (SSSR count). The quantitative estimate of drug-likeness (QED) is 0.456. The number of thiophene rings is 1.